The van der Waals surface area contributed by atoms with Gasteiger partial charge in [0.25, 0.3) is 0 Å². The molecule has 8 nitrogen and oxygen atoms in total. The van der Waals surface area contributed by atoms with Crippen LogP contribution in [0.4, 0.5) is 4.79 Å². The third-order valence-corrected chi connectivity index (χ3v) is 3.13. The van der Waals surface area contributed by atoms with Gasteiger partial charge in [-0.3, -0.25) is 4.79 Å². The minimum Gasteiger partial charge on any atom is -0.481 e. The number of carbonyl (C=O) groups excluding carboxylic acids is 2. The van der Waals surface area contributed by atoms with E-state index in [-0.39, 0.29) is 6.42 Å². The summed E-state index contributed by atoms with van der Waals surface area (Å²) in [5.74, 6) is -3.72. The standard InChI is InChI=1S/C12H20N2O6/c1-2-3-4-8(7-15)12(10(18)19,14-11(13)20)6-5-9(16)17/h7-8H,2-6H2,1H3,(H,16,17)(H,18,19)(H3,13,14,20). The number of carbonyl (C=O) groups is 4. The van der Waals surface area contributed by atoms with E-state index >= 15 is 0 Å². The van der Waals surface area contributed by atoms with Crippen LogP contribution in [0, 0.1) is 5.92 Å². The van der Waals surface area contributed by atoms with Gasteiger partial charge in [-0.15, -0.1) is 0 Å². The monoisotopic (exact) mass is 288 g/mol. The lowest BCUT2D eigenvalue weighted by molar-refractivity contribution is -0.150. The Morgan fingerprint density at radius 3 is 2.30 bits per heavy atom. The molecule has 0 heterocycles. The van der Waals surface area contributed by atoms with Gasteiger partial charge in [-0.25, -0.2) is 9.59 Å². The SMILES string of the molecule is CCCCC(C=O)C(CCC(=O)O)(NC(N)=O)C(=O)O. The van der Waals surface area contributed by atoms with Crippen molar-refractivity contribution < 1.29 is 29.4 Å². The molecule has 0 saturated carbocycles. The highest BCUT2D eigenvalue weighted by molar-refractivity contribution is 5.89. The van der Waals surface area contributed by atoms with Crippen molar-refractivity contribution in [1.29, 1.82) is 0 Å². The Morgan fingerprint density at radius 2 is 1.95 bits per heavy atom. The van der Waals surface area contributed by atoms with E-state index in [0.29, 0.717) is 12.7 Å². The van der Waals surface area contributed by atoms with E-state index in [4.69, 9.17) is 10.8 Å². The number of aliphatic carboxylic acids is 2. The summed E-state index contributed by atoms with van der Waals surface area (Å²) in [5.41, 5.74) is 2.98. The van der Waals surface area contributed by atoms with E-state index in [2.05, 4.69) is 5.32 Å². The molecule has 2 atom stereocenters. The normalized spacial score (nSPS) is 14.8. The number of carboxylic acids is 2. The zero-order chi connectivity index (χ0) is 15.8. The molecule has 0 spiro atoms. The van der Waals surface area contributed by atoms with Crippen LogP contribution in [-0.4, -0.2) is 40.0 Å². The molecule has 0 aromatic heterocycles. The van der Waals surface area contributed by atoms with Crippen molar-refractivity contribution in [2.75, 3.05) is 0 Å². The van der Waals surface area contributed by atoms with Gasteiger partial charge in [-0.2, -0.15) is 0 Å². The van der Waals surface area contributed by atoms with E-state index in [1.165, 1.54) is 0 Å². The molecule has 0 aromatic rings. The van der Waals surface area contributed by atoms with Crippen LogP contribution in [0.15, 0.2) is 0 Å². The van der Waals surface area contributed by atoms with E-state index in [1.54, 1.807) is 0 Å². The Bertz CT molecular complexity index is 384. The zero-order valence-corrected chi connectivity index (χ0v) is 11.3. The molecule has 0 aromatic carbocycles. The van der Waals surface area contributed by atoms with Gasteiger partial charge in [-0.05, 0) is 12.8 Å². The molecule has 0 aliphatic rings. The minimum atomic E-state index is -1.98. The number of rotatable bonds is 10. The Balaban J connectivity index is 5.42. The van der Waals surface area contributed by atoms with Crippen LogP contribution in [0.1, 0.15) is 39.0 Å². The van der Waals surface area contributed by atoms with E-state index in [1.807, 2.05) is 6.92 Å². The molecule has 20 heavy (non-hydrogen) atoms. The average molecular weight is 288 g/mol. The quantitative estimate of drug-likeness (QED) is 0.426. The molecule has 2 amide bonds. The van der Waals surface area contributed by atoms with Crippen molar-refractivity contribution in [3.8, 4) is 0 Å². The molecular weight excluding hydrogens is 268 g/mol. The maximum atomic E-state index is 11.5. The number of nitrogens with two attached hydrogens (primary N) is 1. The number of aldehydes is 1. The third-order valence-electron chi connectivity index (χ3n) is 3.13. The number of hydrogen-bond acceptors (Lipinski definition) is 4. The summed E-state index contributed by atoms with van der Waals surface area (Å²) in [6.45, 7) is 1.86. The summed E-state index contributed by atoms with van der Waals surface area (Å²) in [5, 5.41) is 20.1. The van der Waals surface area contributed by atoms with Crippen LogP contribution >= 0.6 is 0 Å². The summed E-state index contributed by atoms with van der Waals surface area (Å²) in [7, 11) is 0. The van der Waals surface area contributed by atoms with Crippen molar-refractivity contribution in [3.63, 3.8) is 0 Å². The van der Waals surface area contributed by atoms with Gasteiger partial charge in [-0.1, -0.05) is 19.8 Å². The number of nitrogens with one attached hydrogen (secondary N) is 1. The van der Waals surface area contributed by atoms with Crippen molar-refractivity contribution in [3.05, 3.63) is 0 Å². The maximum absolute atomic E-state index is 11.5. The molecule has 0 saturated heterocycles. The second-order valence-corrected chi connectivity index (χ2v) is 4.54. The van der Waals surface area contributed by atoms with Crippen LogP contribution in [0.3, 0.4) is 0 Å². The van der Waals surface area contributed by atoms with Gasteiger partial charge in [0.2, 0.25) is 0 Å². The second kappa shape index (κ2) is 8.13. The van der Waals surface area contributed by atoms with Crippen molar-refractivity contribution >= 4 is 24.3 Å². The fourth-order valence-corrected chi connectivity index (χ4v) is 2.04. The molecule has 2 unspecified atom stereocenters. The summed E-state index contributed by atoms with van der Waals surface area (Å²) < 4.78 is 0. The average Bonchev–Trinajstić information content (AvgIpc) is 2.35. The number of urea groups is 1. The van der Waals surface area contributed by atoms with Gasteiger partial charge in [0.15, 0.2) is 0 Å². The lowest BCUT2D eigenvalue weighted by Crippen LogP contribution is -2.61. The van der Waals surface area contributed by atoms with Crippen molar-refractivity contribution in [2.45, 2.75) is 44.6 Å². The molecule has 5 N–H and O–H groups in total. The number of primary amides is 1. The smallest absolute Gasteiger partial charge is 0.330 e. The van der Waals surface area contributed by atoms with E-state index < -0.39 is 42.3 Å². The topological polar surface area (TPSA) is 147 Å². The maximum Gasteiger partial charge on any atom is 0.330 e. The van der Waals surface area contributed by atoms with E-state index in [9.17, 15) is 24.3 Å². The van der Waals surface area contributed by atoms with Crippen LogP contribution in [-0.2, 0) is 14.4 Å². The number of unbranched alkanes of at least 4 members (excludes halogenated alkanes) is 1. The predicted octanol–water partition coefficient (Wildman–Crippen LogP) is 0.348. The lowest BCUT2D eigenvalue weighted by atomic mass is 9.78. The summed E-state index contributed by atoms with van der Waals surface area (Å²) in [6, 6.07) is -1.11. The number of amides is 2. The first-order chi connectivity index (χ1) is 9.30. The summed E-state index contributed by atoms with van der Waals surface area (Å²) >= 11 is 0. The van der Waals surface area contributed by atoms with E-state index in [0.717, 1.165) is 6.42 Å². The predicted molar refractivity (Wildman–Crippen MR) is 69.0 cm³/mol. The van der Waals surface area contributed by atoms with Crippen molar-refractivity contribution in [1.82, 2.24) is 5.32 Å². The number of hydrogen-bond donors (Lipinski definition) is 4. The first-order valence-electron chi connectivity index (χ1n) is 6.28. The first-order valence-corrected chi connectivity index (χ1v) is 6.28. The third kappa shape index (κ3) is 4.87. The fourth-order valence-electron chi connectivity index (χ4n) is 2.04. The number of carboxylic acid groups (broad SMARTS) is 2. The molecule has 8 heteroatoms. The molecule has 0 aliphatic heterocycles. The van der Waals surface area contributed by atoms with Crippen LogP contribution in [0.2, 0.25) is 0 Å². The largest absolute Gasteiger partial charge is 0.481 e. The fraction of sp³-hybridized carbons (Fsp3) is 0.667. The Kier molecular flexibility index (Phi) is 7.27. The molecule has 0 fully saturated rings. The van der Waals surface area contributed by atoms with Gasteiger partial charge < -0.3 is 26.1 Å². The highest BCUT2D eigenvalue weighted by Gasteiger charge is 2.46. The summed E-state index contributed by atoms with van der Waals surface area (Å²) in [6.07, 6.45) is 1.06. The van der Waals surface area contributed by atoms with Gasteiger partial charge in [0.1, 0.15) is 11.8 Å². The molecule has 114 valence electrons. The van der Waals surface area contributed by atoms with Gasteiger partial charge >= 0.3 is 18.0 Å². The summed E-state index contributed by atoms with van der Waals surface area (Å²) in [4.78, 5) is 44.4. The lowest BCUT2D eigenvalue weighted by Gasteiger charge is -2.34. The van der Waals surface area contributed by atoms with Gasteiger partial charge in [0, 0.05) is 12.3 Å². The molecule has 0 radical (unpaired) electrons. The Labute approximate surface area is 116 Å². The van der Waals surface area contributed by atoms with Crippen molar-refractivity contribution in [2.24, 2.45) is 11.7 Å². The Hall–Kier alpha value is -2.12. The first kappa shape index (κ1) is 17.9. The zero-order valence-electron chi connectivity index (χ0n) is 11.3. The molecule has 0 bridgehead atoms. The highest BCUT2D eigenvalue weighted by Crippen LogP contribution is 2.27. The Morgan fingerprint density at radius 1 is 1.35 bits per heavy atom. The minimum absolute atomic E-state index is 0.228. The van der Waals surface area contributed by atoms with Crippen LogP contribution in [0.25, 0.3) is 0 Å². The highest BCUT2D eigenvalue weighted by atomic mass is 16.4. The van der Waals surface area contributed by atoms with Gasteiger partial charge in [0.05, 0.1) is 0 Å². The second-order valence-electron chi connectivity index (χ2n) is 4.54. The van der Waals surface area contributed by atoms with Crippen LogP contribution < -0.4 is 11.1 Å². The molecular formula is C12H20N2O6. The van der Waals surface area contributed by atoms with Crippen LogP contribution in [0.5, 0.6) is 0 Å². The molecule has 0 aliphatic carbocycles. The molecule has 0 rings (SSSR count).